The van der Waals surface area contributed by atoms with Gasteiger partial charge in [-0.05, 0) is 41.8 Å². The standard InChI is InChI=1S/C16H12N2/c1-2-4-16-12(3-1)8-10-18(16)14-5-6-15-13(11-14)7-9-17-15/h1-11,17H. The van der Waals surface area contributed by atoms with Gasteiger partial charge in [-0.3, -0.25) is 0 Å². The maximum atomic E-state index is 3.22. The monoisotopic (exact) mass is 232 g/mol. The molecule has 2 nitrogen and oxygen atoms in total. The minimum absolute atomic E-state index is 1.18. The summed E-state index contributed by atoms with van der Waals surface area (Å²) in [6, 6.07) is 19.2. The van der Waals surface area contributed by atoms with Crippen molar-refractivity contribution in [3.63, 3.8) is 0 Å². The Morgan fingerprint density at radius 2 is 1.78 bits per heavy atom. The third-order valence-corrected chi connectivity index (χ3v) is 3.41. The Labute approximate surface area is 104 Å². The van der Waals surface area contributed by atoms with Crippen LogP contribution in [0.3, 0.4) is 0 Å². The van der Waals surface area contributed by atoms with Crippen molar-refractivity contribution in [2.75, 3.05) is 0 Å². The molecule has 0 aliphatic carbocycles. The van der Waals surface area contributed by atoms with Gasteiger partial charge in [-0.25, -0.2) is 0 Å². The fourth-order valence-electron chi connectivity index (χ4n) is 2.50. The van der Waals surface area contributed by atoms with Crippen molar-refractivity contribution in [3.8, 4) is 5.69 Å². The van der Waals surface area contributed by atoms with Crippen molar-refractivity contribution >= 4 is 21.8 Å². The average molecular weight is 232 g/mol. The van der Waals surface area contributed by atoms with Crippen molar-refractivity contribution in [2.24, 2.45) is 0 Å². The first-order valence-electron chi connectivity index (χ1n) is 6.05. The summed E-state index contributed by atoms with van der Waals surface area (Å²) in [5.74, 6) is 0. The van der Waals surface area contributed by atoms with Gasteiger partial charge >= 0.3 is 0 Å². The molecule has 0 spiro atoms. The van der Waals surface area contributed by atoms with Gasteiger partial charge in [0.05, 0.1) is 5.52 Å². The number of aromatic nitrogens is 2. The second-order valence-corrected chi connectivity index (χ2v) is 4.49. The van der Waals surface area contributed by atoms with Crippen LogP contribution in [0.5, 0.6) is 0 Å². The van der Waals surface area contributed by atoms with Crippen LogP contribution in [0.1, 0.15) is 0 Å². The Balaban J connectivity index is 2.00. The molecule has 18 heavy (non-hydrogen) atoms. The second kappa shape index (κ2) is 3.50. The maximum Gasteiger partial charge on any atom is 0.0528 e. The molecule has 2 heteroatoms. The molecule has 2 aromatic carbocycles. The highest BCUT2D eigenvalue weighted by Crippen LogP contribution is 2.23. The lowest BCUT2D eigenvalue weighted by atomic mass is 10.2. The van der Waals surface area contributed by atoms with Crippen molar-refractivity contribution < 1.29 is 0 Å². The minimum atomic E-state index is 1.18. The second-order valence-electron chi connectivity index (χ2n) is 4.49. The first-order chi connectivity index (χ1) is 8.92. The zero-order chi connectivity index (χ0) is 11.9. The molecule has 0 atom stereocenters. The molecule has 1 N–H and O–H groups in total. The number of rotatable bonds is 1. The quantitative estimate of drug-likeness (QED) is 0.510. The number of aromatic amines is 1. The largest absolute Gasteiger partial charge is 0.361 e. The van der Waals surface area contributed by atoms with Crippen LogP contribution in [0, 0.1) is 0 Å². The van der Waals surface area contributed by atoms with E-state index in [2.05, 4.69) is 70.3 Å². The summed E-state index contributed by atoms with van der Waals surface area (Å²) in [7, 11) is 0. The average Bonchev–Trinajstić information content (AvgIpc) is 3.04. The van der Waals surface area contributed by atoms with Gasteiger partial charge in [-0.15, -0.1) is 0 Å². The van der Waals surface area contributed by atoms with E-state index in [-0.39, 0.29) is 0 Å². The molecule has 4 aromatic rings. The lowest BCUT2D eigenvalue weighted by Gasteiger charge is -2.05. The molecule has 0 saturated heterocycles. The molecule has 2 heterocycles. The van der Waals surface area contributed by atoms with E-state index in [4.69, 9.17) is 0 Å². The normalized spacial score (nSPS) is 11.3. The van der Waals surface area contributed by atoms with E-state index in [0.29, 0.717) is 0 Å². The fourth-order valence-corrected chi connectivity index (χ4v) is 2.50. The van der Waals surface area contributed by atoms with Crippen molar-refractivity contribution in [1.29, 1.82) is 0 Å². The Hall–Kier alpha value is -2.48. The highest BCUT2D eigenvalue weighted by molar-refractivity contribution is 5.85. The van der Waals surface area contributed by atoms with Crippen LogP contribution in [0.25, 0.3) is 27.5 Å². The molecule has 0 fully saturated rings. The van der Waals surface area contributed by atoms with Crippen molar-refractivity contribution in [3.05, 3.63) is 67.0 Å². The Kier molecular flexibility index (Phi) is 1.86. The summed E-state index contributed by atoms with van der Waals surface area (Å²) < 4.78 is 2.22. The number of nitrogens with zero attached hydrogens (tertiary/aromatic N) is 1. The van der Waals surface area contributed by atoms with E-state index in [9.17, 15) is 0 Å². The van der Waals surface area contributed by atoms with E-state index in [1.54, 1.807) is 0 Å². The van der Waals surface area contributed by atoms with Gasteiger partial charge in [0.2, 0.25) is 0 Å². The summed E-state index contributed by atoms with van der Waals surface area (Å²) >= 11 is 0. The number of para-hydroxylation sites is 1. The molecule has 0 radical (unpaired) electrons. The van der Waals surface area contributed by atoms with Gasteiger partial charge in [0.15, 0.2) is 0 Å². The number of hydrogen-bond acceptors (Lipinski definition) is 0. The minimum Gasteiger partial charge on any atom is -0.361 e. The Morgan fingerprint density at radius 3 is 2.78 bits per heavy atom. The SMILES string of the molecule is c1ccc2c(c1)ccn2-c1ccc2[nH]ccc2c1. The van der Waals surface area contributed by atoms with E-state index in [0.717, 1.165) is 0 Å². The lowest BCUT2D eigenvalue weighted by Crippen LogP contribution is -1.90. The van der Waals surface area contributed by atoms with E-state index < -0.39 is 0 Å². The topological polar surface area (TPSA) is 20.7 Å². The van der Waals surface area contributed by atoms with Crippen LogP contribution >= 0.6 is 0 Å². The molecule has 86 valence electrons. The van der Waals surface area contributed by atoms with Gasteiger partial charge in [-0.2, -0.15) is 0 Å². The number of hydrogen-bond donors (Lipinski definition) is 1. The molecule has 0 saturated carbocycles. The molecule has 0 amide bonds. The maximum absolute atomic E-state index is 3.22. The smallest absolute Gasteiger partial charge is 0.0528 e. The van der Waals surface area contributed by atoms with E-state index >= 15 is 0 Å². The van der Waals surface area contributed by atoms with Gasteiger partial charge in [0, 0.05) is 29.0 Å². The predicted octanol–water partition coefficient (Wildman–Crippen LogP) is 4.11. The molecule has 0 bridgehead atoms. The van der Waals surface area contributed by atoms with Crippen molar-refractivity contribution in [2.45, 2.75) is 0 Å². The molecule has 0 aliphatic heterocycles. The van der Waals surface area contributed by atoms with Gasteiger partial charge in [0.25, 0.3) is 0 Å². The fraction of sp³-hybridized carbons (Fsp3) is 0. The molecular formula is C16H12N2. The number of fused-ring (bicyclic) bond motifs is 2. The zero-order valence-corrected chi connectivity index (χ0v) is 9.80. The molecule has 0 aliphatic rings. The third kappa shape index (κ3) is 1.29. The summed E-state index contributed by atoms with van der Waals surface area (Å²) in [4.78, 5) is 3.22. The summed E-state index contributed by atoms with van der Waals surface area (Å²) in [5.41, 5.74) is 3.62. The highest BCUT2D eigenvalue weighted by Gasteiger charge is 2.03. The Bertz CT molecular complexity index is 836. The van der Waals surface area contributed by atoms with Crippen LogP contribution in [0.15, 0.2) is 67.0 Å². The van der Waals surface area contributed by atoms with Crippen LogP contribution < -0.4 is 0 Å². The van der Waals surface area contributed by atoms with Crippen LogP contribution in [-0.2, 0) is 0 Å². The van der Waals surface area contributed by atoms with E-state index in [1.807, 2.05) is 6.20 Å². The molecular weight excluding hydrogens is 220 g/mol. The highest BCUT2D eigenvalue weighted by atomic mass is 15.0. The van der Waals surface area contributed by atoms with Crippen molar-refractivity contribution in [1.82, 2.24) is 9.55 Å². The lowest BCUT2D eigenvalue weighted by molar-refractivity contribution is 1.13. The summed E-state index contributed by atoms with van der Waals surface area (Å²) in [6.45, 7) is 0. The van der Waals surface area contributed by atoms with Crippen LogP contribution in [0.2, 0.25) is 0 Å². The summed E-state index contributed by atoms with van der Waals surface area (Å²) in [6.07, 6.45) is 4.10. The predicted molar refractivity (Wildman–Crippen MR) is 75.1 cm³/mol. The summed E-state index contributed by atoms with van der Waals surface area (Å²) in [5, 5.41) is 2.51. The molecule has 2 aromatic heterocycles. The molecule has 0 unspecified atom stereocenters. The Morgan fingerprint density at radius 1 is 0.833 bits per heavy atom. The molecule has 4 rings (SSSR count). The number of nitrogens with one attached hydrogen (secondary N) is 1. The first-order valence-corrected chi connectivity index (χ1v) is 6.05. The third-order valence-electron chi connectivity index (χ3n) is 3.41. The number of benzene rings is 2. The van der Waals surface area contributed by atoms with Crippen LogP contribution in [0.4, 0.5) is 0 Å². The van der Waals surface area contributed by atoms with E-state index in [1.165, 1.54) is 27.5 Å². The van der Waals surface area contributed by atoms with Gasteiger partial charge in [0.1, 0.15) is 0 Å². The number of H-pyrrole nitrogens is 1. The van der Waals surface area contributed by atoms with Crippen LogP contribution in [-0.4, -0.2) is 9.55 Å². The van der Waals surface area contributed by atoms with Gasteiger partial charge in [-0.1, -0.05) is 18.2 Å². The first kappa shape index (κ1) is 9.54. The van der Waals surface area contributed by atoms with Gasteiger partial charge < -0.3 is 9.55 Å². The zero-order valence-electron chi connectivity index (χ0n) is 9.80.